The Bertz CT molecular complexity index is 347. The first kappa shape index (κ1) is 10.5. The summed E-state index contributed by atoms with van der Waals surface area (Å²) in [5.74, 6) is 4.11. The summed E-state index contributed by atoms with van der Waals surface area (Å²) in [5, 5.41) is 0. The van der Waals surface area contributed by atoms with Crippen molar-refractivity contribution >= 4 is 5.78 Å². The van der Waals surface area contributed by atoms with E-state index in [2.05, 4.69) is 18.9 Å². The summed E-state index contributed by atoms with van der Waals surface area (Å²) in [6.45, 7) is 4.32. The van der Waals surface area contributed by atoms with E-state index in [0.29, 0.717) is 11.8 Å². The van der Waals surface area contributed by atoms with Crippen molar-refractivity contribution in [3.8, 4) is 12.3 Å². The van der Waals surface area contributed by atoms with E-state index in [-0.39, 0.29) is 17.1 Å². The Morgan fingerprint density at radius 2 is 2.33 bits per heavy atom. The van der Waals surface area contributed by atoms with Crippen LogP contribution in [0.5, 0.6) is 0 Å². The van der Waals surface area contributed by atoms with Gasteiger partial charge in [0.25, 0.3) is 0 Å². The van der Waals surface area contributed by atoms with Gasteiger partial charge in [0.15, 0.2) is 5.78 Å². The number of carbonyl (C=O) groups excluding carboxylic acids is 1. The van der Waals surface area contributed by atoms with E-state index in [1.54, 1.807) is 6.08 Å². The van der Waals surface area contributed by atoms with Crippen molar-refractivity contribution in [2.75, 3.05) is 0 Å². The lowest BCUT2D eigenvalue weighted by molar-refractivity contribution is -0.122. The van der Waals surface area contributed by atoms with E-state index in [0.717, 1.165) is 19.3 Å². The van der Waals surface area contributed by atoms with Gasteiger partial charge in [0.1, 0.15) is 0 Å². The molecular weight excluding hydrogens is 184 g/mol. The summed E-state index contributed by atoms with van der Waals surface area (Å²) in [5.41, 5.74) is 0.209. The highest BCUT2D eigenvalue weighted by Gasteiger charge is 2.44. The third kappa shape index (κ3) is 1.63. The lowest BCUT2D eigenvalue weighted by Gasteiger charge is -2.46. The highest BCUT2D eigenvalue weighted by atomic mass is 16.1. The zero-order valence-electron chi connectivity index (χ0n) is 9.49. The van der Waals surface area contributed by atoms with Crippen LogP contribution in [0, 0.1) is 35.5 Å². The number of fused-ring (bicyclic) bond motifs is 1. The summed E-state index contributed by atoms with van der Waals surface area (Å²) in [7, 11) is 0. The maximum Gasteiger partial charge on any atom is 0.158 e. The smallest absolute Gasteiger partial charge is 0.158 e. The van der Waals surface area contributed by atoms with E-state index < -0.39 is 0 Å². The van der Waals surface area contributed by atoms with Crippen LogP contribution in [0.4, 0.5) is 0 Å². The molecular formula is C14H18O. The van der Waals surface area contributed by atoms with Gasteiger partial charge < -0.3 is 0 Å². The van der Waals surface area contributed by atoms with Crippen molar-refractivity contribution in [2.45, 2.75) is 33.1 Å². The van der Waals surface area contributed by atoms with Crippen LogP contribution in [-0.4, -0.2) is 5.78 Å². The molecule has 0 aromatic heterocycles. The predicted octanol–water partition coefficient (Wildman–Crippen LogP) is 2.82. The number of hydrogen-bond acceptors (Lipinski definition) is 1. The van der Waals surface area contributed by atoms with E-state index >= 15 is 0 Å². The average molecular weight is 202 g/mol. The molecule has 0 aliphatic heterocycles. The number of hydrogen-bond donors (Lipinski definition) is 0. The highest BCUT2D eigenvalue weighted by Crippen LogP contribution is 2.49. The van der Waals surface area contributed by atoms with Gasteiger partial charge in [0.05, 0.1) is 0 Å². The summed E-state index contributed by atoms with van der Waals surface area (Å²) < 4.78 is 0. The standard InChI is InChI=1S/C14H18O/c1-4-11-5-7-14(3)8-6-13(15)10(2)12(14)9-11/h1,6,8,10-12H,5,7,9H2,2-3H3/t10-,11+,12-,14-/m1/s1. The fourth-order valence-electron chi connectivity index (χ4n) is 3.12. The van der Waals surface area contributed by atoms with Crippen LogP contribution in [0.1, 0.15) is 33.1 Å². The largest absolute Gasteiger partial charge is 0.295 e. The van der Waals surface area contributed by atoms with E-state index in [1.807, 2.05) is 6.92 Å². The van der Waals surface area contributed by atoms with Gasteiger partial charge in [-0.05, 0) is 36.7 Å². The van der Waals surface area contributed by atoms with Crippen LogP contribution in [0.3, 0.4) is 0 Å². The zero-order valence-corrected chi connectivity index (χ0v) is 9.49. The van der Waals surface area contributed by atoms with E-state index in [1.165, 1.54) is 0 Å². The Morgan fingerprint density at radius 1 is 1.60 bits per heavy atom. The minimum atomic E-state index is 0.149. The Labute approximate surface area is 91.9 Å². The molecule has 0 unspecified atom stereocenters. The van der Waals surface area contributed by atoms with Crippen molar-refractivity contribution in [1.29, 1.82) is 0 Å². The molecule has 1 fully saturated rings. The number of ketones is 1. The molecule has 4 atom stereocenters. The Balaban J connectivity index is 2.28. The van der Waals surface area contributed by atoms with Gasteiger partial charge in [-0.2, -0.15) is 0 Å². The summed E-state index contributed by atoms with van der Waals surface area (Å²) in [4.78, 5) is 11.6. The van der Waals surface area contributed by atoms with Gasteiger partial charge in [-0.15, -0.1) is 12.3 Å². The molecule has 2 rings (SSSR count). The molecule has 0 radical (unpaired) electrons. The average Bonchev–Trinajstić information content (AvgIpc) is 2.24. The Kier molecular flexibility index (Phi) is 2.46. The Morgan fingerprint density at radius 3 is 3.00 bits per heavy atom. The summed E-state index contributed by atoms with van der Waals surface area (Å²) in [6, 6.07) is 0. The predicted molar refractivity (Wildman–Crippen MR) is 61.1 cm³/mol. The van der Waals surface area contributed by atoms with Crippen molar-refractivity contribution in [3.63, 3.8) is 0 Å². The first-order valence-corrected chi connectivity index (χ1v) is 5.76. The second-order valence-electron chi connectivity index (χ2n) is 5.27. The first-order chi connectivity index (χ1) is 7.07. The van der Waals surface area contributed by atoms with E-state index in [9.17, 15) is 4.79 Å². The van der Waals surface area contributed by atoms with Gasteiger partial charge >= 0.3 is 0 Å². The van der Waals surface area contributed by atoms with Crippen LogP contribution in [0.25, 0.3) is 0 Å². The minimum Gasteiger partial charge on any atom is -0.295 e. The fraction of sp³-hybridized carbons (Fsp3) is 0.643. The van der Waals surface area contributed by atoms with Gasteiger partial charge in [0, 0.05) is 11.8 Å². The van der Waals surface area contributed by atoms with Gasteiger partial charge in [-0.1, -0.05) is 19.9 Å². The molecule has 0 N–H and O–H groups in total. The van der Waals surface area contributed by atoms with E-state index in [4.69, 9.17) is 6.42 Å². The first-order valence-electron chi connectivity index (χ1n) is 5.76. The number of allylic oxidation sites excluding steroid dienone is 2. The SMILES string of the molecule is C#C[C@H]1CC[C@]2(C)C=CC(=O)[C@H](C)[C@H]2C1. The molecule has 80 valence electrons. The van der Waals surface area contributed by atoms with Crippen molar-refractivity contribution in [3.05, 3.63) is 12.2 Å². The molecule has 1 heteroatoms. The van der Waals surface area contributed by atoms with Crippen molar-refractivity contribution in [2.24, 2.45) is 23.2 Å². The number of rotatable bonds is 0. The molecule has 0 aromatic rings. The third-order valence-electron chi connectivity index (χ3n) is 4.33. The second kappa shape index (κ2) is 3.52. The topological polar surface area (TPSA) is 17.1 Å². The molecule has 0 aromatic carbocycles. The van der Waals surface area contributed by atoms with Crippen LogP contribution in [0.2, 0.25) is 0 Å². The molecule has 0 heterocycles. The van der Waals surface area contributed by atoms with Gasteiger partial charge in [-0.3, -0.25) is 4.79 Å². The fourth-order valence-corrected chi connectivity index (χ4v) is 3.12. The van der Waals surface area contributed by atoms with Crippen molar-refractivity contribution in [1.82, 2.24) is 0 Å². The van der Waals surface area contributed by atoms with Crippen LogP contribution < -0.4 is 0 Å². The molecule has 2 aliphatic rings. The maximum atomic E-state index is 11.6. The van der Waals surface area contributed by atoms with Crippen LogP contribution in [-0.2, 0) is 4.79 Å². The number of terminal acetylenes is 1. The summed E-state index contributed by atoms with van der Waals surface area (Å²) in [6.07, 6.45) is 12.6. The quantitative estimate of drug-likeness (QED) is 0.552. The molecule has 0 saturated heterocycles. The second-order valence-corrected chi connectivity index (χ2v) is 5.27. The molecule has 0 bridgehead atoms. The van der Waals surface area contributed by atoms with Crippen molar-refractivity contribution < 1.29 is 4.79 Å². The lowest BCUT2D eigenvalue weighted by atomic mass is 9.57. The molecule has 1 saturated carbocycles. The Hall–Kier alpha value is -1.03. The highest BCUT2D eigenvalue weighted by molar-refractivity contribution is 5.92. The molecule has 0 spiro atoms. The van der Waals surface area contributed by atoms with Crippen LogP contribution in [0.15, 0.2) is 12.2 Å². The molecule has 1 nitrogen and oxygen atoms in total. The number of carbonyl (C=O) groups is 1. The van der Waals surface area contributed by atoms with Gasteiger partial charge in [0.2, 0.25) is 0 Å². The minimum absolute atomic E-state index is 0.149. The van der Waals surface area contributed by atoms with Crippen LogP contribution >= 0.6 is 0 Å². The lowest BCUT2D eigenvalue weighted by Crippen LogP contribution is -2.41. The molecule has 0 amide bonds. The van der Waals surface area contributed by atoms with Gasteiger partial charge in [-0.25, -0.2) is 0 Å². The molecule has 15 heavy (non-hydrogen) atoms. The summed E-state index contributed by atoms with van der Waals surface area (Å²) >= 11 is 0. The zero-order chi connectivity index (χ0) is 11.1. The monoisotopic (exact) mass is 202 g/mol. The molecule has 2 aliphatic carbocycles. The normalized spacial score (nSPS) is 44.6. The third-order valence-corrected chi connectivity index (χ3v) is 4.33. The maximum absolute atomic E-state index is 11.6.